The molecule has 0 bridgehead atoms. The molecule has 0 radical (unpaired) electrons. The molecule has 1 saturated carbocycles. The lowest BCUT2D eigenvalue weighted by atomic mass is 10.0. The van der Waals surface area contributed by atoms with Crippen molar-refractivity contribution in [1.82, 2.24) is 9.88 Å². The quantitative estimate of drug-likeness (QED) is 0.718. The molecule has 160 valence electrons. The van der Waals surface area contributed by atoms with Crippen LogP contribution in [-0.4, -0.2) is 35.5 Å². The van der Waals surface area contributed by atoms with Crippen LogP contribution < -0.4 is 0 Å². The van der Waals surface area contributed by atoms with Gasteiger partial charge in [0.1, 0.15) is 6.10 Å². The molecule has 7 heteroatoms. The Labute approximate surface area is 174 Å². The topological polar surface area (TPSA) is 42.4 Å². The molecule has 30 heavy (non-hydrogen) atoms. The van der Waals surface area contributed by atoms with Crippen LogP contribution in [0.3, 0.4) is 0 Å². The molecule has 4 nitrogen and oxygen atoms in total. The molecule has 2 aromatic rings. The van der Waals surface area contributed by atoms with Gasteiger partial charge in [-0.3, -0.25) is 9.78 Å². The summed E-state index contributed by atoms with van der Waals surface area (Å²) in [6, 6.07) is 9.06. The number of carbonyl (C=O) groups is 1. The average Bonchev–Trinajstić information content (AvgIpc) is 3.28. The summed E-state index contributed by atoms with van der Waals surface area (Å²) in [4.78, 5) is 19.1. The molecular weight excluding hydrogens is 393 g/mol. The van der Waals surface area contributed by atoms with Crippen LogP contribution in [0.15, 0.2) is 42.6 Å². The summed E-state index contributed by atoms with van der Waals surface area (Å²) in [7, 11) is 0. The van der Waals surface area contributed by atoms with Gasteiger partial charge in [-0.15, -0.1) is 0 Å². The van der Waals surface area contributed by atoms with E-state index < -0.39 is 11.7 Å². The van der Waals surface area contributed by atoms with Gasteiger partial charge in [0.25, 0.3) is 0 Å². The van der Waals surface area contributed by atoms with Gasteiger partial charge in [0, 0.05) is 18.7 Å². The molecule has 1 aliphatic heterocycles. The Morgan fingerprint density at radius 1 is 1.13 bits per heavy atom. The Kier molecular flexibility index (Phi) is 6.09. The van der Waals surface area contributed by atoms with E-state index in [1.54, 1.807) is 12.3 Å². The van der Waals surface area contributed by atoms with E-state index in [4.69, 9.17) is 4.74 Å². The molecule has 4 rings (SSSR count). The Hall–Kier alpha value is -2.41. The molecule has 2 heterocycles. The lowest BCUT2D eigenvalue weighted by molar-refractivity contribution is -0.143. The van der Waals surface area contributed by atoms with E-state index >= 15 is 0 Å². The summed E-state index contributed by atoms with van der Waals surface area (Å²) in [5.74, 6) is 0.369. The van der Waals surface area contributed by atoms with Crippen LogP contribution in [-0.2, 0) is 22.1 Å². The summed E-state index contributed by atoms with van der Waals surface area (Å²) in [6.07, 6.45) is 1.63. The molecule has 0 N–H and O–H groups in total. The SMILES string of the molecule is O=C(C1CCCC1)N1CCO[C@@H](c2ccc(Cc3cccc(C(F)(F)F)c3)cn2)C1. The minimum Gasteiger partial charge on any atom is -0.368 e. The van der Waals surface area contributed by atoms with Gasteiger partial charge in [-0.2, -0.15) is 13.2 Å². The summed E-state index contributed by atoms with van der Waals surface area (Å²) in [6.45, 7) is 1.59. The van der Waals surface area contributed by atoms with Gasteiger partial charge in [0.2, 0.25) is 5.91 Å². The number of pyridine rings is 1. The maximum absolute atomic E-state index is 12.9. The van der Waals surface area contributed by atoms with Crippen molar-refractivity contribution in [3.05, 3.63) is 65.0 Å². The number of ether oxygens (including phenoxy) is 1. The highest BCUT2D eigenvalue weighted by molar-refractivity contribution is 5.79. The highest BCUT2D eigenvalue weighted by Gasteiger charge is 2.32. The van der Waals surface area contributed by atoms with Crippen molar-refractivity contribution in [1.29, 1.82) is 0 Å². The lowest BCUT2D eigenvalue weighted by Crippen LogP contribution is -2.44. The largest absolute Gasteiger partial charge is 0.416 e. The van der Waals surface area contributed by atoms with Crippen molar-refractivity contribution in [3.8, 4) is 0 Å². The molecule has 1 atom stereocenters. The number of aromatic nitrogens is 1. The predicted molar refractivity (Wildman–Crippen MR) is 106 cm³/mol. The molecule has 0 spiro atoms. The van der Waals surface area contributed by atoms with Gasteiger partial charge >= 0.3 is 6.18 Å². The number of halogens is 3. The van der Waals surface area contributed by atoms with Crippen molar-refractivity contribution < 1.29 is 22.7 Å². The Bertz CT molecular complexity index is 877. The van der Waals surface area contributed by atoms with E-state index in [1.165, 1.54) is 12.1 Å². The van der Waals surface area contributed by atoms with E-state index in [0.29, 0.717) is 31.7 Å². The van der Waals surface area contributed by atoms with Gasteiger partial charge in [-0.25, -0.2) is 0 Å². The van der Waals surface area contributed by atoms with E-state index in [2.05, 4.69) is 4.98 Å². The fourth-order valence-corrected chi connectivity index (χ4v) is 4.28. The van der Waals surface area contributed by atoms with Crippen LogP contribution in [0.1, 0.15) is 54.2 Å². The van der Waals surface area contributed by atoms with E-state index in [1.807, 2.05) is 17.0 Å². The van der Waals surface area contributed by atoms with Crippen LogP contribution in [0.4, 0.5) is 13.2 Å². The molecule has 1 amide bonds. The molecule has 1 aliphatic carbocycles. The number of carbonyl (C=O) groups excluding carboxylic acids is 1. The molecule has 1 saturated heterocycles. The van der Waals surface area contributed by atoms with Crippen molar-refractivity contribution in [2.75, 3.05) is 19.7 Å². The maximum Gasteiger partial charge on any atom is 0.416 e. The van der Waals surface area contributed by atoms with Crippen LogP contribution in [0.2, 0.25) is 0 Å². The first-order chi connectivity index (χ1) is 14.4. The van der Waals surface area contributed by atoms with Gasteiger partial charge in [-0.05, 0) is 42.5 Å². The number of hydrogen-bond acceptors (Lipinski definition) is 3. The predicted octanol–water partition coefficient (Wildman–Crippen LogP) is 4.78. The molecule has 1 aromatic heterocycles. The highest BCUT2D eigenvalue weighted by Crippen LogP contribution is 2.31. The summed E-state index contributed by atoms with van der Waals surface area (Å²) in [5.41, 5.74) is 1.51. The van der Waals surface area contributed by atoms with Crippen LogP contribution in [0, 0.1) is 5.92 Å². The van der Waals surface area contributed by atoms with Crippen molar-refractivity contribution in [2.45, 2.75) is 44.4 Å². The minimum atomic E-state index is -4.35. The van der Waals surface area contributed by atoms with Crippen molar-refractivity contribution in [3.63, 3.8) is 0 Å². The van der Waals surface area contributed by atoms with Crippen LogP contribution in [0.25, 0.3) is 0 Å². The minimum absolute atomic E-state index is 0.145. The number of morpholine rings is 1. The second kappa shape index (κ2) is 8.76. The number of nitrogens with zero attached hydrogens (tertiary/aromatic N) is 2. The zero-order chi connectivity index (χ0) is 21.1. The second-order valence-corrected chi connectivity index (χ2v) is 8.09. The Morgan fingerprint density at radius 2 is 1.93 bits per heavy atom. The fourth-order valence-electron chi connectivity index (χ4n) is 4.28. The number of benzene rings is 1. The number of alkyl halides is 3. The molecule has 1 aromatic carbocycles. The smallest absolute Gasteiger partial charge is 0.368 e. The van der Waals surface area contributed by atoms with Gasteiger partial charge in [0.05, 0.1) is 24.4 Å². The maximum atomic E-state index is 12.9. The van der Waals surface area contributed by atoms with E-state index in [9.17, 15) is 18.0 Å². The second-order valence-electron chi connectivity index (χ2n) is 8.09. The number of rotatable bonds is 4. The number of amides is 1. The average molecular weight is 418 g/mol. The third-order valence-corrected chi connectivity index (χ3v) is 5.92. The van der Waals surface area contributed by atoms with E-state index in [-0.39, 0.29) is 17.9 Å². The third-order valence-electron chi connectivity index (χ3n) is 5.92. The third kappa shape index (κ3) is 4.83. The van der Waals surface area contributed by atoms with Gasteiger partial charge < -0.3 is 9.64 Å². The lowest BCUT2D eigenvalue weighted by Gasteiger charge is -2.34. The summed E-state index contributed by atoms with van der Waals surface area (Å²) < 4.78 is 44.5. The number of hydrogen-bond donors (Lipinski definition) is 0. The summed E-state index contributed by atoms with van der Waals surface area (Å²) >= 11 is 0. The van der Waals surface area contributed by atoms with Crippen LogP contribution in [0.5, 0.6) is 0 Å². The summed E-state index contributed by atoms with van der Waals surface area (Å²) in [5, 5.41) is 0. The molecule has 2 fully saturated rings. The first-order valence-corrected chi connectivity index (χ1v) is 10.4. The van der Waals surface area contributed by atoms with Crippen molar-refractivity contribution >= 4 is 5.91 Å². The molecule has 2 aliphatic rings. The zero-order valence-corrected chi connectivity index (χ0v) is 16.7. The first kappa shape index (κ1) is 20.8. The molecule has 0 unspecified atom stereocenters. The molecular formula is C23H25F3N2O2. The van der Waals surface area contributed by atoms with E-state index in [0.717, 1.165) is 43.0 Å². The standard InChI is InChI=1S/C23H25F3N2O2/c24-23(25,26)19-7-3-4-16(13-19)12-17-8-9-20(27-14-17)21-15-28(10-11-30-21)22(29)18-5-1-2-6-18/h3-4,7-9,13-14,18,21H,1-2,5-6,10-12,15H2/t21-/m1/s1. The van der Waals surface area contributed by atoms with Gasteiger partial charge in [-0.1, -0.05) is 37.1 Å². The zero-order valence-electron chi connectivity index (χ0n) is 16.7. The van der Waals surface area contributed by atoms with Gasteiger partial charge in [0.15, 0.2) is 0 Å². The highest BCUT2D eigenvalue weighted by atomic mass is 19.4. The van der Waals surface area contributed by atoms with Crippen LogP contribution >= 0.6 is 0 Å². The Morgan fingerprint density at radius 3 is 2.63 bits per heavy atom. The first-order valence-electron chi connectivity index (χ1n) is 10.4. The monoisotopic (exact) mass is 418 g/mol. The van der Waals surface area contributed by atoms with Crippen molar-refractivity contribution in [2.24, 2.45) is 5.92 Å². The normalized spacial score (nSPS) is 20.5. The Balaban J connectivity index is 1.40. The fraction of sp³-hybridized carbons (Fsp3) is 0.478.